The van der Waals surface area contributed by atoms with Gasteiger partial charge in [0.15, 0.2) is 11.5 Å². The molecular formula is C21H27N3O3. The molecule has 0 radical (unpaired) electrons. The van der Waals surface area contributed by atoms with Crippen molar-refractivity contribution in [1.82, 2.24) is 15.8 Å². The van der Waals surface area contributed by atoms with Gasteiger partial charge in [-0.2, -0.15) is 0 Å². The lowest BCUT2D eigenvalue weighted by molar-refractivity contribution is -0.134. The van der Waals surface area contributed by atoms with E-state index >= 15 is 0 Å². The van der Waals surface area contributed by atoms with E-state index < -0.39 is 0 Å². The molecule has 2 atom stereocenters. The zero-order valence-corrected chi connectivity index (χ0v) is 15.9. The van der Waals surface area contributed by atoms with Gasteiger partial charge in [-0.15, -0.1) is 0 Å². The van der Waals surface area contributed by atoms with E-state index in [0.717, 1.165) is 23.5 Å². The van der Waals surface area contributed by atoms with Gasteiger partial charge >= 0.3 is 0 Å². The third-order valence-corrected chi connectivity index (χ3v) is 4.80. The van der Waals surface area contributed by atoms with Crippen LogP contribution in [0.3, 0.4) is 0 Å². The van der Waals surface area contributed by atoms with Crippen LogP contribution in [-0.2, 0) is 4.79 Å². The second-order valence-corrected chi connectivity index (χ2v) is 6.63. The number of carbonyl (C=O) groups excluding carboxylic acids is 1. The van der Waals surface area contributed by atoms with Crippen molar-refractivity contribution in [3.05, 3.63) is 60.2 Å². The first-order valence-corrected chi connectivity index (χ1v) is 9.25. The first-order chi connectivity index (χ1) is 13.2. The topological polar surface area (TPSA) is 62.8 Å². The van der Waals surface area contributed by atoms with E-state index in [4.69, 9.17) is 9.47 Å². The second-order valence-electron chi connectivity index (χ2n) is 6.63. The number of hydrogen-bond donors (Lipinski definition) is 2. The smallest absolute Gasteiger partial charge is 0.228 e. The fourth-order valence-corrected chi connectivity index (χ4v) is 3.32. The van der Waals surface area contributed by atoms with E-state index in [0.29, 0.717) is 19.7 Å². The van der Waals surface area contributed by atoms with Crippen LogP contribution < -0.4 is 20.3 Å². The number of hydrazine groups is 1. The Labute approximate surface area is 160 Å². The van der Waals surface area contributed by atoms with E-state index in [9.17, 15) is 4.79 Å². The van der Waals surface area contributed by atoms with Gasteiger partial charge in [-0.25, -0.2) is 5.43 Å². The molecule has 1 amide bonds. The van der Waals surface area contributed by atoms with Gasteiger partial charge in [0, 0.05) is 20.1 Å². The summed E-state index contributed by atoms with van der Waals surface area (Å²) < 4.78 is 11.1. The molecule has 6 nitrogen and oxygen atoms in total. The SMILES string of the molecule is COc1ccccc1OCCCN(C)C(=O)C1CNNC1c1ccccc1. The van der Waals surface area contributed by atoms with Gasteiger partial charge in [0.2, 0.25) is 5.91 Å². The maximum atomic E-state index is 12.9. The van der Waals surface area contributed by atoms with Crippen molar-refractivity contribution in [1.29, 1.82) is 0 Å². The van der Waals surface area contributed by atoms with Gasteiger partial charge in [0.25, 0.3) is 0 Å². The molecule has 0 aromatic heterocycles. The Morgan fingerprint density at radius 3 is 2.56 bits per heavy atom. The summed E-state index contributed by atoms with van der Waals surface area (Å²) in [5, 5.41) is 0. The lowest BCUT2D eigenvalue weighted by Crippen LogP contribution is -2.37. The van der Waals surface area contributed by atoms with Crippen LogP contribution in [-0.4, -0.2) is 44.7 Å². The molecule has 0 aliphatic carbocycles. The van der Waals surface area contributed by atoms with Crippen molar-refractivity contribution in [2.75, 3.05) is 33.9 Å². The molecule has 1 fully saturated rings. The number of para-hydroxylation sites is 2. The molecule has 27 heavy (non-hydrogen) atoms. The minimum Gasteiger partial charge on any atom is -0.493 e. The highest BCUT2D eigenvalue weighted by atomic mass is 16.5. The first kappa shape index (κ1) is 19.2. The van der Waals surface area contributed by atoms with Crippen LogP contribution in [0.2, 0.25) is 0 Å². The number of benzene rings is 2. The molecule has 2 aromatic rings. The van der Waals surface area contributed by atoms with E-state index in [2.05, 4.69) is 10.9 Å². The highest BCUT2D eigenvalue weighted by molar-refractivity contribution is 5.80. The third-order valence-electron chi connectivity index (χ3n) is 4.80. The lowest BCUT2D eigenvalue weighted by Gasteiger charge is -2.24. The average molecular weight is 369 g/mol. The van der Waals surface area contributed by atoms with Gasteiger partial charge in [0.05, 0.1) is 25.7 Å². The van der Waals surface area contributed by atoms with Crippen LogP contribution >= 0.6 is 0 Å². The molecule has 3 rings (SSSR count). The summed E-state index contributed by atoms with van der Waals surface area (Å²) >= 11 is 0. The largest absolute Gasteiger partial charge is 0.493 e. The second kappa shape index (κ2) is 9.39. The Bertz CT molecular complexity index is 738. The number of hydrogen-bond acceptors (Lipinski definition) is 5. The number of methoxy groups -OCH3 is 1. The summed E-state index contributed by atoms with van der Waals surface area (Å²) in [6, 6.07) is 17.6. The van der Waals surface area contributed by atoms with Gasteiger partial charge in [-0.3, -0.25) is 10.2 Å². The van der Waals surface area contributed by atoms with E-state index in [-0.39, 0.29) is 17.9 Å². The number of amides is 1. The van der Waals surface area contributed by atoms with Crippen LogP contribution in [0.15, 0.2) is 54.6 Å². The normalized spacial score (nSPS) is 18.9. The highest BCUT2D eigenvalue weighted by Crippen LogP contribution is 2.27. The van der Waals surface area contributed by atoms with Crippen LogP contribution in [0.5, 0.6) is 11.5 Å². The van der Waals surface area contributed by atoms with E-state index in [1.165, 1.54) is 0 Å². The van der Waals surface area contributed by atoms with Gasteiger partial charge in [0.1, 0.15) is 0 Å². The lowest BCUT2D eigenvalue weighted by atomic mass is 9.94. The Morgan fingerprint density at radius 1 is 1.11 bits per heavy atom. The summed E-state index contributed by atoms with van der Waals surface area (Å²) in [5.74, 6) is 1.46. The quantitative estimate of drug-likeness (QED) is 0.700. The summed E-state index contributed by atoms with van der Waals surface area (Å²) in [4.78, 5) is 14.7. The predicted molar refractivity (Wildman–Crippen MR) is 105 cm³/mol. The van der Waals surface area contributed by atoms with E-state index in [1.807, 2.05) is 61.6 Å². The molecule has 1 aliphatic heterocycles. The molecule has 2 N–H and O–H groups in total. The summed E-state index contributed by atoms with van der Waals surface area (Å²) in [7, 11) is 3.48. The van der Waals surface area contributed by atoms with Crippen LogP contribution in [0.1, 0.15) is 18.0 Å². The van der Waals surface area contributed by atoms with Crippen LogP contribution in [0.25, 0.3) is 0 Å². The zero-order chi connectivity index (χ0) is 19.1. The summed E-state index contributed by atoms with van der Waals surface area (Å²) in [6.07, 6.45) is 0.754. The Morgan fingerprint density at radius 2 is 1.81 bits per heavy atom. The standard InChI is InChI=1S/C21H27N3O3/c1-24(13-8-14-27-19-12-7-6-11-18(19)26-2)21(25)17-15-22-23-20(17)16-9-4-3-5-10-16/h3-7,9-12,17,20,22-23H,8,13-15H2,1-2H3. The first-order valence-electron chi connectivity index (χ1n) is 9.25. The van der Waals surface area contributed by atoms with Gasteiger partial charge in [-0.05, 0) is 24.1 Å². The van der Waals surface area contributed by atoms with Crippen molar-refractivity contribution in [2.24, 2.45) is 5.92 Å². The van der Waals surface area contributed by atoms with Crippen molar-refractivity contribution in [3.63, 3.8) is 0 Å². The monoisotopic (exact) mass is 369 g/mol. The van der Waals surface area contributed by atoms with Crippen LogP contribution in [0, 0.1) is 5.92 Å². The molecule has 2 aromatic carbocycles. The van der Waals surface area contributed by atoms with Crippen LogP contribution in [0.4, 0.5) is 0 Å². The highest BCUT2D eigenvalue weighted by Gasteiger charge is 2.35. The van der Waals surface area contributed by atoms with Crippen molar-refractivity contribution < 1.29 is 14.3 Å². The number of nitrogens with one attached hydrogen (secondary N) is 2. The minimum absolute atomic E-state index is 0.00835. The Kier molecular flexibility index (Phi) is 6.68. The third kappa shape index (κ3) is 4.78. The number of ether oxygens (including phenoxy) is 2. The molecular weight excluding hydrogens is 342 g/mol. The van der Waals surface area contributed by atoms with Crippen molar-refractivity contribution >= 4 is 5.91 Å². The van der Waals surface area contributed by atoms with Gasteiger partial charge in [-0.1, -0.05) is 42.5 Å². The minimum atomic E-state index is -0.118. The number of rotatable bonds is 8. The number of carbonyl (C=O) groups is 1. The summed E-state index contributed by atoms with van der Waals surface area (Å²) in [6.45, 7) is 1.80. The fourth-order valence-electron chi connectivity index (χ4n) is 3.32. The van der Waals surface area contributed by atoms with Crippen molar-refractivity contribution in [2.45, 2.75) is 12.5 Å². The summed E-state index contributed by atoms with van der Waals surface area (Å²) in [5.41, 5.74) is 7.47. The molecule has 144 valence electrons. The molecule has 6 heteroatoms. The maximum absolute atomic E-state index is 12.9. The molecule has 1 heterocycles. The fraction of sp³-hybridized carbons (Fsp3) is 0.381. The predicted octanol–water partition coefficient (Wildman–Crippen LogP) is 2.39. The zero-order valence-electron chi connectivity index (χ0n) is 15.9. The Balaban J connectivity index is 1.49. The molecule has 0 bridgehead atoms. The van der Waals surface area contributed by atoms with E-state index in [1.54, 1.807) is 12.0 Å². The average Bonchev–Trinajstić information content (AvgIpc) is 3.21. The molecule has 0 saturated carbocycles. The molecule has 2 unspecified atom stereocenters. The van der Waals surface area contributed by atoms with Gasteiger partial charge < -0.3 is 14.4 Å². The molecule has 1 aliphatic rings. The number of nitrogens with zero attached hydrogens (tertiary/aromatic N) is 1. The van der Waals surface area contributed by atoms with Crippen molar-refractivity contribution in [3.8, 4) is 11.5 Å². The molecule has 0 spiro atoms. The molecule has 1 saturated heterocycles. The maximum Gasteiger partial charge on any atom is 0.228 e. The Hall–Kier alpha value is -2.57.